The summed E-state index contributed by atoms with van der Waals surface area (Å²) in [5.41, 5.74) is 2.26. The van der Waals surface area contributed by atoms with Crippen LogP contribution >= 0.6 is 0 Å². The van der Waals surface area contributed by atoms with E-state index in [1.54, 1.807) is 34.0 Å². The molecule has 0 unspecified atom stereocenters. The van der Waals surface area contributed by atoms with Gasteiger partial charge in [0, 0.05) is 21.3 Å². The molecule has 0 bridgehead atoms. The van der Waals surface area contributed by atoms with E-state index < -0.39 is 8.80 Å². The minimum Gasteiger partial charge on any atom is -0.374 e. The third-order valence-corrected chi connectivity index (χ3v) is 4.77. The second-order valence-electron chi connectivity index (χ2n) is 2.76. The molecule has 4 nitrogen and oxygen atoms in total. The van der Waals surface area contributed by atoms with Crippen molar-refractivity contribution in [1.29, 1.82) is 0 Å². The Morgan fingerprint density at radius 3 is 1.53 bits per heavy atom. The van der Waals surface area contributed by atoms with Gasteiger partial charge in [-0.25, -0.2) is 0 Å². The van der Waals surface area contributed by atoms with E-state index in [0.29, 0.717) is 15.8 Å². The van der Waals surface area contributed by atoms with E-state index in [0.717, 1.165) is 0 Å². The lowest BCUT2D eigenvalue weighted by Gasteiger charge is -2.19. The Morgan fingerprint density at radius 1 is 1.27 bits per heavy atom. The fraction of sp³-hybridized carbons (Fsp3) is 0.444. The van der Waals surface area contributed by atoms with Crippen molar-refractivity contribution in [1.82, 2.24) is 0 Å². The van der Waals surface area contributed by atoms with Crippen LogP contribution in [-0.2, 0) is 18.1 Å². The summed E-state index contributed by atoms with van der Waals surface area (Å²) in [6.45, 7) is 8.70. The third-order valence-electron chi connectivity index (χ3n) is 1.70. The smallest absolute Gasteiger partial charge is 0.374 e. The first-order valence-electron chi connectivity index (χ1n) is 4.34. The summed E-state index contributed by atoms with van der Waals surface area (Å²) in [6, 6.07) is 0. The fourth-order valence-corrected chi connectivity index (χ4v) is 1.50. The molecule has 0 atom stereocenters. The highest BCUT2D eigenvalue weighted by molar-refractivity contribution is 6.66. The highest BCUT2D eigenvalue weighted by Gasteiger charge is 2.33. The van der Waals surface area contributed by atoms with Crippen molar-refractivity contribution in [3.05, 3.63) is 24.4 Å². The highest BCUT2D eigenvalue weighted by Crippen LogP contribution is 2.04. The van der Waals surface area contributed by atoms with Gasteiger partial charge in [-0.2, -0.15) is 0 Å². The third kappa shape index (κ3) is 7.40. The summed E-state index contributed by atoms with van der Waals surface area (Å²) in [4.78, 5) is 10.1. The second kappa shape index (κ2) is 8.75. The van der Waals surface area contributed by atoms with E-state index in [-0.39, 0.29) is 5.41 Å². The molecule has 0 heterocycles. The molecule has 15 heavy (non-hydrogen) atoms. The zero-order valence-electron chi connectivity index (χ0n) is 10.1. The lowest BCUT2D eigenvalue weighted by atomic mass is 10.4. The van der Waals surface area contributed by atoms with Crippen molar-refractivity contribution >= 4 is 24.5 Å². The molecule has 0 saturated heterocycles. The summed E-state index contributed by atoms with van der Waals surface area (Å²) in [5.74, 6) is 0. The van der Waals surface area contributed by atoms with E-state index in [4.69, 9.17) is 13.3 Å². The molecule has 0 radical (unpaired) electrons. The van der Waals surface area contributed by atoms with Crippen LogP contribution in [0.1, 0.15) is 6.92 Å². The van der Waals surface area contributed by atoms with Crippen LogP contribution in [0.2, 0.25) is 0 Å². The van der Waals surface area contributed by atoms with Gasteiger partial charge in [0.15, 0.2) is 0 Å². The van der Waals surface area contributed by atoms with E-state index in [1.807, 2.05) is 0 Å². The van der Waals surface area contributed by atoms with E-state index in [1.165, 1.54) is 0 Å². The molecule has 0 spiro atoms. The first-order chi connectivity index (χ1) is 6.89. The molecule has 0 aliphatic carbocycles. The zero-order valence-corrected chi connectivity index (χ0v) is 13.1. The molecule has 0 aliphatic heterocycles. The zero-order chi connectivity index (χ0) is 12.5. The topological polar surface area (TPSA) is 44.8 Å². The number of hydrogen-bond acceptors (Lipinski definition) is 4. The first kappa shape index (κ1) is 16.9. The van der Waals surface area contributed by atoms with Crippen LogP contribution in [0.15, 0.2) is 24.4 Å². The van der Waals surface area contributed by atoms with Crippen molar-refractivity contribution in [3.8, 4) is 0 Å². The Morgan fingerprint density at radius 2 is 1.53 bits per heavy atom. The van der Waals surface area contributed by atoms with E-state index in [2.05, 4.69) is 13.2 Å². The molecule has 0 aliphatic rings. The van der Waals surface area contributed by atoms with E-state index in [9.17, 15) is 4.79 Å². The van der Waals surface area contributed by atoms with Crippen molar-refractivity contribution in [3.63, 3.8) is 0 Å². The Balaban J connectivity index is 0. The number of carbonyl (C=O) groups is 1. The molecule has 0 amide bonds. The maximum Gasteiger partial charge on any atom is 0.528 e. The van der Waals surface area contributed by atoms with Crippen LogP contribution in [0.5, 0.6) is 0 Å². The van der Waals surface area contributed by atoms with Crippen molar-refractivity contribution in [2.75, 3.05) is 21.3 Å². The summed E-state index contributed by atoms with van der Waals surface area (Å²) in [6.07, 6.45) is 0. The van der Waals surface area contributed by atoms with Gasteiger partial charge >= 0.3 is 8.80 Å². The van der Waals surface area contributed by atoms with Crippen LogP contribution in [0.3, 0.4) is 0 Å². The SMILES string of the molecule is C=C(C)C(=O)[SiH3].C=C[Si](OC)(OC)OC. The molecule has 0 saturated carbocycles. The van der Waals surface area contributed by atoms with E-state index >= 15 is 0 Å². The Hall–Kier alpha value is -0.536. The standard InChI is InChI=1S/C5H12O3Si.C4H8OSi/c1-5-9(6-2,7-3)8-4;1-3(2)4(5)6/h5H,1H2,2-4H3;1H2,2,6H3. The largest absolute Gasteiger partial charge is 0.528 e. The maximum atomic E-state index is 10.1. The van der Waals surface area contributed by atoms with Crippen LogP contribution in [0.25, 0.3) is 0 Å². The molecule has 0 aromatic heterocycles. The monoisotopic (exact) mass is 248 g/mol. The summed E-state index contributed by atoms with van der Waals surface area (Å²) < 4.78 is 14.9. The molecule has 0 rings (SSSR count). The van der Waals surface area contributed by atoms with Gasteiger partial charge in [-0.05, 0) is 18.2 Å². The average Bonchev–Trinajstić information content (AvgIpc) is 2.23. The summed E-state index contributed by atoms with van der Waals surface area (Å²) in [5, 5.41) is 0.204. The molecular weight excluding hydrogens is 228 g/mol. The lowest BCUT2D eigenvalue weighted by Crippen LogP contribution is -2.40. The normalized spacial score (nSPS) is 10.1. The van der Waals surface area contributed by atoms with Gasteiger partial charge in [0.2, 0.25) is 0 Å². The predicted octanol–water partition coefficient (Wildman–Crippen LogP) is 0.0442. The van der Waals surface area contributed by atoms with Gasteiger partial charge in [-0.1, -0.05) is 13.2 Å². The number of rotatable bonds is 5. The van der Waals surface area contributed by atoms with Gasteiger partial charge in [-0.15, -0.1) is 0 Å². The summed E-state index contributed by atoms with van der Waals surface area (Å²) in [7, 11) is 2.82. The average molecular weight is 248 g/mol. The minimum atomic E-state index is -2.43. The predicted molar refractivity (Wildman–Crippen MR) is 66.7 cm³/mol. The maximum absolute atomic E-state index is 10.1. The van der Waals surface area contributed by atoms with Gasteiger partial charge in [0.1, 0.15) is 5.41 Å². The lowest BCUT2D eigenvalue weighted by molar-refractivity contribution is -0.108. The van der Waals surface area contributed by atoms with Crippen LogP contribution in [0, 0.1) is 0 Å². The molecular formula is C9H20O4Si2. The quantitative estimate of drug-likeness (QED) is 0.509. The number of hydrogen-bond donors (Lipinski definition) is 0. The minimum absolute atomic E-state index is 0.204. The number of carbonyl (C=O) groups excluding carboxylic acids is 1. The highest BCUT2D eigenvalue weighted by atomic mass is 28.4. The van der Waals surface area contributed by atoms with Gasteiger partial charge < -0.3 is 18.1 Å². The van der Waals surface area contributed by atoms with Crippen molar-refractivity contribution < 1.29 is 18.1 Å². The fourth-order valence-electron chi connectivity index (χ4n) is 0.500. The molecule has 0 aromatic carbocycles. The Kier molecular flexibility index (Phi) is 9.84. The second-order valence-corrected chi connectivity index (χ2v) is 6.50. The van der Waals surface area contributed by atoms with Crippen molar-refractivity contribution in [2.45, 2.75) is 6.92 Å². The van der Waals surface area contributed by atoms with Crippen LogP contribution in [0.4, 0.5) is 0 Å². The first-order valence-corrected chi connectivity index (χ1v) is 7.14. The molecule has 0 fully saturated rings. The van der Waals surface area contributed by atoms with Crippen LogP contribution < -0.4 is 0 Å². The molecule has 88 valence electrons. The van der Waals surface area contributed by atoms with Gasteiger partial charge in [-0.3, -0.25) is 0 Å². The van der Waals surface area contributed by atoms with Crippen molar-refractivity contribution in [2.24, 2.45) is 0 Å². The Labute approximate surface area is 95.7 Å². The van der Waals surface area contributed by atoms with Crippen LogP contribution in [-0.4, -0.2) is 45.8 Å². The number of allylic oxidation sites excluding steroid dienone is 1. The molecule has 0 N–H and O–H groups in total. The van der Waals surface area contributed by atoms with Gasteiger partial charge in [0.05, 0.1) is 10.2 Å². The Bertz CT molecular complexity index is 204. The van der Waals surface area contributed by atoms with Gasteiger partial charge in [0.25, 0.3) is 0 Å². The molecule has 6 heteroatoms. The summed E-state index contributed by atoms with van der Waals surface area (Å²) >= 11 is 0. The molecule has 0 aromatic rings.